The fraction of sp³-hybridized carbons (Fsp3) is 0.400. The maximum absolute atomic E-state index is 12.8. The lowest BCUT2D eigenvalue weighted by Gasteiger charge is -2.38. The Kier molecular flexibility index (Phi) is 2.85. The SMILES string of the molecule is COC(=O)N1c2ccccc2C(=O)C12CCC(=O)CC2. The van der Waals surface area contributed by atoms with Gasteiger partial charge in [-0.15, -0.1) is 0 Å². The third kappa shape index (κ3) is 1.59. The first kappa shape index (κ1) is 12.8. The van der Waals surface area contributed by atoms with Gasteiger partial charge in [0.15, 0.2) is 5.78 Å². The molecule has 0 saturated heterocycles. The molecule has 1 saturated carbocycles. The number of fused-ring (bicyclic) bond motifs is 1. The lowest BCUT2D eigenvalue weighted by atomic mass is 9.77. The summed E-state index contributed by atoms with van der Waals surface area (Å²) in [5.41, 5.74) is 0.177. The lowest BCUT2D eigenvalue weighted by molar-refractivity contribution is -0.120. The van der Waals surface area contributed by atoms with Crippen molar-refractivity contribution >= 4 is 23.3 Å². The number of carbonyl (C=O) groups excluding carboxylic acids is 3. The summed E-state index contributed by atoms with van der Waals surface area (Å²) in [4.78, 5) is 37.8. The molecule has 1 aromatic rings. The molecule has 0 N–H and O–H groups in total. The van der Waals surface area contributed by atoms with Gasteiger partial charge < -0.3 is 4.74 Å². The summed E-state index contributed by atoms with van der Waals surface area (Å²) in [6.07, 6.45) is 0.848. The predicted molar refractivity (Wildman–Crippen MR) is 71.9 cm³/mol. The zero-order valence-electron chi connectivity index (χ0n) is 11.2. The van der Waals surface area contributed by atoms with Crippen LogP contribution in [0.25, 0.3) is 0 Å². The van der Waals surface area contributed by atoms with Crippen LogP contribution in [0.4, 0.5) is 10.5 Å². The van der Waals surface area contributed by atoms with Crippen LogP contribution >= 0.6 is 0 Å². The number of carbonyl (C=O) groups is 3. The fourth-order valence-corrected chi connectivity index (χ4v) is 3.20. The van der Waals surface area contributed by atoms with Crippen LogP contribution in [-0.4, -0.2) is 30.3 Å². The Morgan fingerprint density at radius 2 is 1.85 bits per heavy atom. The number of ketones is 2. The third-order valence-electron chi connectivity index (χ3n) is 4.23. The van der Waals surface area contributed by atoms with Gasteiger partial charge in [-0.1, -0.05) is 12.1 Å². The summed E-state index contributed by atoms with van der Waals surface area (Å²) in [5, 5.41) is 0. The van der Waals surface area contributed by atoms with Crippen molar-refractivity contribution in [1.82, 2.24) is 0 Å². The van der Waals surface area contributed by atoms with Gasteiger partial charge in [-0.25, -0.2) is 4.79 Å². The Morgan fingerprint density at radius 3 is 2.50 bits per heavy atom. The van der Waals surface area contributed by atoms with E-state index in [1.165, 1.54) is 12.0 Å². The van der Waals surface area contributed by atoms with Crippen LogP contribution < -0.4 is 4.90 Å². The average Bonchev–Trinajstić information content (AvgIpc) is 2.72. The van der Waals surface area contributed by atoms with E-state index in [1.54, 1.807) is 24.3 Å². The number of benzene rings is 1. The molecule has 0 radical (unpaired) electrons. The van der Waals surface area contributed by atoms with Crippen molar-refractivity contribution in [2.24, 2.45) is 0 Å². The summed E-state index contributed by atoms with van der Waals surface area (Å²) in [7, 11) is 1.30. The molecule has 5 nitrogen and oxygen atoms in total. The molecule has 5 heteroatoms. The molecule has 0 aromatic heterocycles. The first-order chi connectivity index (χ1) is 9.60. The van der Waals surface area contributed by atoms with E-state index >= 15 is 0 Å². The number of anilines is 1. The molecule has 104 valence electrons. The minimum Gasteiger partial charge on any atom is -0.452 e. The van der Waals surface area contributed by atoms with Crippen LogP contribution in [0.15, 0.2) is 24.3 Å². The van der Waals surface area contributed by atoms with Crippen molar-refractivity contribution in [1.29, 1.82) is 0 Å². The molecule has 1 spiro atoms. The minimum atomic E-state index is -0.940. The predicted octanol–water partition coefficient (Wildman–Crippen LogP) is 2.34. The molecule has 1 aromatic carbocycles. The highest BCUT2D eigenvalue weighted by molar-refractivity contribution is 6.20. The Labute approximate surface area is 116 Å². The highest BCUT2D eigenvalue weighted by atomic mass is 16.5. The fourth-order valence-electron chi connectivity index (χ4n) is 3.20. The molecule has 0 atom stereocenters. The summed E-state index contributed by atoms with van der Waals surface area (Å²) < 4.78 is 4.84. The van der Waals surface area contributed by atoms with Gasteiger partial charge in [0, 0.05) is 18.4 Å². The van der Waals surface area contributed by atoms with Crippen LogP contribution in [0.5, 0.6) is 0 Å². The lowest BCUT2D eigenvalue weighted by Crippen LogP contribution is -2.55. The first-order valence-corrected chi connectivity index (χ1v) is 6.64. The van der Waals surface area contributed by atoms with E-state index in [4.69, 9.17) is 4.74 Å². The van der Waals surface area contributed by atoms with Crippen molar-refractivity contribution in [3.8, 4) is 0 Å². The first-order valence-electron chi connectivity index (χ1n) is 6.64. The molecule has 2 aliphatic rings. The van der Waals surface area contributed by atoms with Crippen LogP contribution in [0.2, 0.25) is 0 Å². The summed E-state index contributed by atoms with van der Waals surface area (Å²) >= 11 is 0. The second kappa shape index (κ2) is 4.44. The van der Waals surface area contributed by atoms with Crippen molar-refractivity contribution in [3.63, 3.8) is 0 Å². The smallest absolute Gasteiger partial charge is 0.414 e. The van der Waals surface area contributed by atoms with Gasteiger partial charge in [0.25, 0.3) is 0 Å². The zero-order chi connectivity index (χ0) is 14.3. The number of hydrogen-bond donors (Lipinski definition) is 0. The van der Waals surface area contributed by atoms with Crippen molar-refractivity contribution in [2.75, 3.05) is 12.0 Å². The second-order valence-electron chi connectivity index (χ2n) is 5.22. The maximum atomic E-state index is 12.8. The minimum absolute atomic E-state index is 0.0778. The van der Waals surface area contributed by atoms with Gasteiger partial charge in [-0.2, -0.15) is 0 Å². The van der Waals surface area contributed by atoms with Crippen LogP contribution in [0.1, 0.15) is 36.0 Å². The number of nitrogens with zero attached hydrogens (tertiary/aromatic N) is 1. The zero-order valence-corrected chi connectivity index (χ0v) is 11.2. The van der Waals surface area contributed by atoms with Crippen LogP contribution in [-0.2, 0) is 9.53 Å². The number of rotatable bonds is 0. The van der Waals surface area contributed by atoms with Crippen molar-refractivity contribution in [3.05, 3.63) is 29.8 Å². The maximum Gasteiger partial charge on any atom is 0.414 e. The third-order valence-corrected chi connectivity index (χ3v) is 4.23. The number of hydrogen-bond acceptors (Lipinski definition) is 4. The van der Waals surface area contributed by atoms with Gasteiger partial charge in [-0.05, 0) is 25.0 Å². The van der Waals surface area contributed by atoms with Gasteiger partial charge in [0.2, 0.25) is 0 Å². The molecule has 20 heavy (non-hydrogen) atoms. The molecule has 1 aliphatic heterocycles. The Balaban J connectivity index is 2.12. The van der Waals surface area contributed by atoms with Gasteiger partial charge >= 0.3 is 6.09 Å². The van der Waals surface area contributed by atoms with Crippen molar-refractivity contribution in [2.45, 2.75) is 31.2 Å². The number of Topliss-reactive ketones (excluding diaryl/α,β-unsaturated/α-hetero) is 2. The quantitative estimate of drug-likeness (QED) is 0.727. The molecule has 3 rings (SSSR count). The highest BCUT2D eigenvalue weighted by Crippen LogP contribution is 2.46. The number of ether oxygens (including phenoxy) is 1. The van der Waals surface area contributed by atoms with E-state index in [0.717, 1.165) is 0 Å². The largest absolute Gasteiger partial charge is 0.452 e. The van der Waals surface area contributed by atoms with E-state index in [2.05, 4.69) is 0 Å². The van der Waals surface area contributed by atoms with Gasteiger partial charge in [0.1, 0.15) is 11.3 Å². The van der Waals surface area contributed by atoms with E-state index in [-0.39, 0.29) is 11.6 Å². The topological polar surface area (TPSA) is 63.7 Å². The molecular weight excluding hydrogens is 258 g/mol. The monoisotopic (exact) mass is 273 g/mol. The molecule has 1 amide bonds. The normalized spacial score (nSPS) is 20.1. The van der Waals surface area contributed by atoms with Crippen LogP contribution in [0, 0.1) is 0 Å². The van der Waals surface area contributed by atoms with Gasteiger partial charge in [0.05, 0.1) is 12.8 Å². The molecule has 1 fully saturated rings. The van der Waals surface area contributed by atoms with E-state index in [1.807, 2.05) is 0 Å². The highest BCUT2D eigenvalue weighted by Gasteiger charge is 2.55. The van der Waals surface area contributed by atoms with Crippen molar-refractivity contribution < 1.29 is 19.1 Å². The second-order valence-corrected chi connectivity index (χ2v) is 5.22. The number of methoxy groups -OCH3 is 1. The van der Waals surface area contributed by atoms with E-state index < -0.39 is 11.6 Å². The molecule has 0 bridgehead atoms. The summed E-state index contributed by atoms with van der Waals surface area (Å²) in [6, 6.07) is 7.03. The Morgan fingerprint density at radius 1 is 1.20 bits per heavy atom. The molecule has 1 heterocycles. The van der Waals surface area contributed by atoms with Crippen LogP contribution in [0.3, 0.4) is 0 Å². The average molecular weight is 273 g/mol. The summed E-state index contributed by atoms with van der Waals surface area (Å²) in [6.45, 7) is 0. The molecular formula is C15H15NO4. The van der Waals surface area contributed by atoms with Gasteiger partial charge in [-0.3, -0.25) is 14.5 Å². The van der Waals surface area contributed by atoms with E-state index in [0.29, 0.717) is 36.9 Å². The summed E-state index contributed by atoms with van der Waals surface area (Å²) in [5.74, 6) is 0.0650. The number of amides is 1. The van der Waals surface area contributed by atoms with E-state index in [9.17, 15) is 14.4 Å². The number of para-hydroxylation sites is 1. The Bertz CT molecular complexity index is 598. The Hall–Kier alpha value is -2.17. The molecule has 0 unspecified atom stereocenters. The molecule has 1 aliphatic carbocycles. The standard InChI is InChI=1S/C15H15NO4/c1-20-14(19)16-12-5-3-2-4-11(12)13(18)15(16)8-6-10(17)7-9-15/h2-5H,6-9H2,1H3.